The van der Waals surface area contributed by atoms with Gasteiger partial charge >= 0.3 is 0 Å². The molecule has 24 heavy (non-hydrogen) atoms. The standard InChI is InChI=1S/C17H18N4O2S/c18-12-15-5-2-8-19-17(15)20-9-10-21-24(22,23)16-7-6-13-3-1-4-14(13)11-16/h2,5-8,11,21H,1,3-4,9-10H2,(H,19,20). The Kier molecular flexibility index (Phi) is 4.79. The average Bonchev–Trinajstić information content (AvgIpc) is 3.07. The second kappa shape index (κ2) is 6.99. The Morgan fingerprint density at radius 2 is 2.00 bits per heavy atom. The first-order valence-corrected chi connectivity index (χ1v) is 9.29. The van der Waals surface area contributed by atoms with Crippen molar-refractivity contribution in [3.05, 3.63) is 53.2 Å². The molecule has 0 amide bonds. The largest absolute Gasteiger partial charge is 0.368 e. The Labute approximate surface area is 141 Å². The maximum atomic E-state index is 12.4. The molecule has 1 aromatic carbocycles. The highest BCUT2D eigenvalue weighted by atomic mass is 32.2. The number of hydrogen-bond acceptors (Lipinski definition) is 5. The average molecular weight is 342 g/mol. The van der Waals surface area contributed by atoms with Gasteiger partial charge in [-0.05, 0) is 54.7 Å². The van der Waals surface area contributed by atoms with E-state index in [1.807, 2.05) is 12.1 Å². The van der Waals surface area contributed by atoms with Gasteiger partial charge in [0.05, 0.1) is 10.5 Å². The van der Waals surface area contributed by atoms with Crippen molar-refractivity contribution in [1.29, 1.82) is 5.26 Å². The molecule has 2 N–H and O–H groups in total. The van der Waals surface area contributed by atoms with Crippen molar-refractivity contribution in [1.82, 2.24) is 9.71 Å². The van der Waals surface area contributed by atoms with E-state index in [1.54, 1.807) is 30.5 Å². The van der Waals surface area contributed by atoms with E-state index in [1.165, 1.54) is 5.56 Å². The maximum absolute atomic E-state index is 12.4. The summed E-state index contributed by atoms with van der Waals surface area (Å²) in [6.45, 7) is 0.552. The fourth-order valence-electron chi connectivity index (χ4n) is 2.80. The first-order valence-electron chi connectivity index (χ1n) is 7.80. The van der Waals surface area contributed by atoms with Gasteiger partial charge in [0.25, 0.3) is 0 Å². The van der Waals surface area contributed by atoms with E-state index in [2.05, 4.69) is 15.0 Å². The Morgan fingerprint density at radius 3 is 2.83 bits per heavy atom. The van der Waals surface area contributed by atoms with Crippen molar-refractivity contribution in [2.45, 2.75) is 24.2 Å². The molecule has 1 heterocycles. The molecule has 0 fully saturated rings. The number of aromatic nitrogens is 1. The summed E-state index contributed by atoms with van der Waals surface area (Å²) in [7, 11) is -3.53. The van der Waals surface area contributed by atoms with E-state index >= 15 is 0 Å². The lowest BCUT2D eigenvalue weighted by Crippen LogP contribution is -2.29. The van der Waals surface area contributed by atoms with Crippen molar-refractivity contribution >= 4 is 15.8 Å². The van der Waals surface area contributed by atoms with Gasteiger partial charge in [0, 0.05) is 19.3 Å². The molecule has 0 saturated carbocycles. The fourth-order valence-corrected chi connectivity index (χ4v) is 3.88. The lowest BCUT2D eigenvalue weighted by Gasteiger charge is -2.10. The molecule has 0 aliphatic heterocycles. The minimum atomic E-state index is -3.53. The van der Waals surface area contributed by atoms with Crippen molar-refractivity contribution in [2.24, 2.45) is 0 Å². The molecule has 3 rings (SSSR count). The van der Waals surface area contributed by atoms with Gasteiger partial charge in [-0.2, -0.15) is 5.26 Å². The van der Waals surface area contributed by atoms with Crippen LogP contribution in [0.2, 0.25) is 0 Å². The van der Waals surface area contributed by atoms with E-state index in [4.69, 9.17) is 5.26 Å². The van der Waals surface area contributed by atoms with Crippen LogP contribution >= 0.6 is 0 Å². The van der Waals surface area contributed by atoms with Crippen LogP contribution in [0.25, 0.3) is 0 Å². The molecule has 0 unspecified atom stereocenters. The number of pyridine rings is 1. The monoisotopic (exact) mass is 342 g/mol. The third kappa shape index (κ3) is 3.55. The molecule has 124 valence electrons. The van der Waals surface area contributed by atoms with E-state index in [0.29, 0.717) is 22.8 Å². The Hall–Kier alpha value is -2.43. The molecule has 2 aromatic rings. The lowest BCUT2D eigenvalue weighted by molar-refractivity contribution is 0.582. The first kappa shape index (κ1) is 16.4. The highest BCUT2D eigenvalue weighted by molar-refractivity contribution is 7.89. The zero-order valence-corrected chi connectivity index (χ0v) is 13.9. The van der Waals surface area contributed by atoms with Crippen LogP contribution in [0.15, 0.2) is 41.4 Å². The molecule has 1 aliphatic rings. The number of anilines is 1. The highest BCUT2D eigenvalue weighted by Gasteiger charge is 2.18. The van der Waals surface area contributed by atoms with Gasteiger partial charge in [0.15, 0.2) is 0 Å². The molecular formula is C17H18N4O2S. The third-order valence-corrected chi connectivity index (χ3v) is 5.48. The quantitative estimate of drug-likeness (QED) is 0.781. The van der Waals surface area contributed by atoms with Gasteiger partial charge in [-0.25, -0.2) is 18.1 Å². The molecule has 1 aromatic heterocycles. The summed E-state index contributed by atoms with van der Waals surface area (Å²) in [5.41, 5.74) is 2.80. The van der Waals surface area contributed by atoms with Gasteiger partial charge < -0.3 is 5.32 Å². The molecule has 0 atom stereocenters. The van der Waals surface area contributed by atoms with Gasteiger partial charge in [-0.15, -0.1) is 0 Å². The fraction of sp³-hybridized carbons (Fsp3) is 0.294. The molecule has 0 bridgehead atoms. The van der Waals surface area contributed by atoms with E-state index < -0.39 is 10.0 Å². The zero-order valence-electron chi connectivity index (χ0n) is 13.1. The van der Waals surface area contributed by atoms with Crippen LogP contribution in [0.4, 0.5) is 5.82 Å². The molecular weight excluding hydrogens is 324 g/mol. The summed E-state index contributed by atoms with van der Waals surface area (Å²) in [5, 5.41) is 12.0. The predicted octanol–water partition coefficient (Wildman–Crippen LogP) is 1.83. The van der Waals surface area contributed by atoms with E-state index in [9.17, 15) is 8.42 Å². The molecule has 7 heteroatoms. The highest BCUT2D eigenvalue weighted by Crippen LogP contribution is 2.24. The second-order valence-corrected chi connectivity index (χ2v) is 7.39. The number of fused-ring (bicyclic) bond motifs is 1. The SMILES string of the molecule is N#Cc1cccnc1NCCNS(=O)(=O)c1ccc2c(c1)CCC2. The van der Waals surface area contributed by atoms with Crippen LogP contribution in [-0.2, 0) is 22.9 Å². The van der Waals surface area contributed by atoms with Crippen molar-refractivity contribution < 1.29 is 8.42 Å². The summed E-state index contributed by atoms with van der Waals surface area (Å²) in [4.78, 5) is 4.37. The van der Waals surface area contributed by atoms with Crippen molar-refractivity contribution in [2.75, 3.05) is 18.4 Å². The Morgan fingerprint density at radius 1 is 1.17 bits per heavy atom. The number of nitriles is 1. The third-order valence-electron chi connectivity index (χ3n) is 4.02. The number of hydrogen-bond donors (Lipinski definition) is 2. The van der Waals surface area contributed by atoms with Crippen LogP contribution < -0.4 is 10.0 Å². The van der Waals surface area contributed by atoms with Gasteiger partial charge in [-0.3, -0.25) is 0 Å². The molecule has 6 nitrogen and oxygen atoms in total. The van der Waals surface area contributed by atoms with Crippen LogP contribution in [0.1, 0.15) is 23.1 Å². The predicted molar refractivity (Wildman–Crippen MR) is 91.1 cm³/mol. The second-order valence-electron chi connectivity index (χ2n) is 5.62. The molecule has 0 radical (unpaired) electrons. The normalized spacial score (nSPS) is 13.3. The molecule has 0 saturated heterocycles. The number of nitrogens with one attached hydrogen (secondary N) is 2. The first-order chi connectivity index (χ1) is 11.6. The Balaban J connectivity index is 1.59. The van der Waals surface area contributed by atoms with Gasteiger partial charge in [-0.1, -0.05) is 6.07 Å². The van der Waals surface area contributed by atoms with Crippen LogP contribution in [-0.4, -0.2) is 26.5 Å². The number of aryl methyl sites for hydroxylation is 2. The number of rotatable bonds is 6. The van der Waals surface area contributed by atoms with Crippen LogP contribution in [0, 0.1) is 11.3 Å². The van der Waals surface area contributed by atoms with Crippen molar-refractivity contribution in [3.8, 4) is 6.07 Å². The number of nitrogens with zero attached hydrogens (tertiary/aromatic N) is 2. The topological polar surface area (TPSA) is 94.9 Å². The van der Waals surface area contributed by atoms with Crippen LogP contribution in [0.5, 0.6) is 0 Å². The number of sulfonamides is 1. The minimum Gasteiger partial charge on any atom is -0.368 e. The smallest absolute Gasteiger partial charge is 0.240 e. The summed E-state index contributed by atoms with van der Waals surface area (Å²) in [5.74, 6) is 0.455. The van der Waals surface area contributed by atoms with Gasteiger partial charge in [0.2, 0.25) is 10.0 Å². The summed E-state index contributed by atoms with van der Waals surface area (Å²) >= 11 is 0. The van der Waals surface area contributed by atoms with Gasteiger partial charge in [0.1, 0.15) is 11.9 Å². The summed E-state index contributed by atoms with van der Waals surface area (Å²) in [6, 6.07) is 10.7. The molecule has 0 spiro atoms. The van der Waals surface area contributed by atoms with E-state index in [-0.39, 0.29) is 6.54 Å². The summed E-state index contributed by atoms with van der Waals surface area (Å²) < 4.78 is 27.3. The lowest BCUT2D eigenvalue weighted by atomic mass is 10.1. The van der Waals surface area contributed by atoms with Crippen LogP contribution in [0.3, 0.4) is 0 Å². The summed E-state index contributed by atoms with van der Waals surface area (Å²) in [6.07, 6.45) is 4.63. The zero-order chi connectivity index (χ0) is 17.0. The Bertz CT molecular complexity index is 888. The van der Waals surface area contributed by atoms with Crippen molar-refractivity contribution in [3.63, 3.8) is 0 Å². The maximum Gasteiger partial charge on any atom is 0.240 e. The van der Waals surface area contributed by atoms with E-state index in [0.717, 1.165) is 24.8 Å². The molecule has 1 aliphatic carbocycles. The number of benzene rings is 1. The minimum absolute atomic E-state index is 0.209.